The summed E-state index contributed by atoms with van der Waals surface area (Å²) in [7, 11) is 0. The first-order valence-corrected chi connectivity index (χ1v) is 5.93. The summed E-state index contributed by atoms with van der Waals surface area (Å²) < 4.78 is 4.09. The quantitative estimate of drug-likeness (QED) is 0.468. The van der Waals surface area contributed by atoms with Gasteiger partial charge in [-0.3, -0.25) is 0 Å². The molecule has 3 nitrogen and oxygen atoms in total. The average molecular weight is 236 g/mol. The Labute approximate surface area is 106 Å². The highest BCUT2D eigenvalue weighted by Crippen LogP contribution is 2.15. The lowest BCUT2D eigenvalue weighted by Crippen LogP contribution is -2.32. The summed E-state index contributed by atoms with van der Waals surface area (Å²) in [6, 6.07) is 10.3. The number of fused-ring (bicyclic) bond motifs is 3. The van der Waals surface area contributed by atoms with E-state index in [2.05, 4.69) is 40.7 Å². The Hall–Kier alpha value is -2.34. The van der Waals surface area contributed by atoms with Crippen LogP contribution in [0.4, 0.5) is 0 Å². The van der Waals surface area contributed by atoms with Crippen LogP contribution in [0.25, 0.3) is 16.7 Å². The molecule has 3 heteroatoms. The zero-order valence-electron chi connectivity index (χ0n) is 10.5. The third kappa shape index (κ3) is 1.39. The summed E-state index contributed by atoms with van der Waals surface area (Å²) in [5.74, 6) is 2.71. The van der Waals surface area contributed by atoms with E-state index in [1.165, 1.54) is 5.56 Å². The van der Waals surface area contributed by atoms with Crippen molar-refractivity contribution in [3.05, 3.63) is 41.6 Å². The number of hydrogen-bond donors (Lipinski definition) is 0. The second kappa shape index (κ2) is 3.85. The first kappa shape index (κ1) is 10.8. The Morgan fingerprint density at radius 2 is 2.11 bits per heavy atom. The van der Waals surface area contributed by atoms with Crippen LogP contribution in [0.2, 0.25) is 0 Å². The Bertz CT molecular complexity index is 791. The first-order chi connectivity index (χ1) is 8.72. The van der Waals surface area contributed by atoms with Crippen molar-refractivity contribution in [2.24, 2.45) is 0 Å². The average Bonchev–Trinajstić information content (AvgIpc) is 2.66. The number of terminal acetylenes is 1. The Kier molecular flexibility index (Phi) is 2.31. The highest BCUT2D eigenvalue weighted by Gasteiger charge is 2.19. The number of aromatic nitrogens is 3. The molecule has 0 N–H and O–H groups in total. The van der Waals surface area contributed by atoms with E-state index in [-0.39, 0.29) is 0 Å². The predicted octanol–water partition coefficient (Wildman–Crippen LogP) is 2.03. The molecule has 2 heterocycles. The second-order valence-electron chi connectivity index (χ2n) is 4.46. The molecule has 1 aromatic carbocycles. The third-order valence-electron chi connectivity index (χ3n) is 3.31. The number of hydrogen-bond acceptors (Lipinski definition) is 1. The molecule has 0 radical (unpaired) electrons. The van der Waals surface area contributed by atoms with E-state index >= 15 is 0 Å². The topological polar surface area (TPSA) is 21.2 Å². The monoisotopic (exact) mass is 236 g/mol. The molecule has 18 heavy (non-hydrogen) atoms. The summed E-state index contributed by atoms with van der Waals surface area (Å²) in [6.07, 6.45) is 5.47. The van der Waals surface area contributed by atoms with Crippen molar-refractivity contribution in [2.75, 3.05) is 0 Å². The molecule has 0 atom stereocenters. The number of imidazole rings is 1. The molecule has 3 aromatic rings. The van der Waals surface area contributed by atoms with Crippen molar-refractivity contribution in [1.82, 2.24) is 9.61 Å². The van der Waals surface area contributed by atoms with Gasteiger partial charge in [0.2, 0.25) is 5.52 Å². The minimum Gasteiger partial charge on any atom is -0.210 e. The summed E-state index contributed by atoms with van der Waals surface area (Å²) in [4.78, 5) is 0. The normalized spacial score (nSPS) is 10.9. The van der Waals surface area contributed by atoms with Crippen LogP contribution in [0.3, 0.4) is 0 Å². The maximum Gasteiger partial charge on any atom is 0.309 e. The van der Waals surface area contributed by atoms with Crippen molar-refractivity contribution >= 4 is 16.7 Å². The van der Waals surface area contributed by atoms with Crippen molar-refractivity contribution in [1.29, 1.82) is 0 Å². The third-order valence-corrected chi connectivity index (χ3v) is 3.31. The summed E-state index contributed by atoms with van der Waals surface area (Å²) in [6.45, 7) is 4.65. The van der Waals surface area contributed by atoms with Crippen molar-refractivity contribution in [2.45, 2.75) is 20.4 Å². The van der Waals surface area contributed by atoms with Gasteiger partial charge in [-0.2, -0.15) is 0 Å². The Morgan fingerprint density at radius 3 is 2.89 bits per heavy atom. The van der Waals surface area contributed by atoms with Gasteiger partial charge in [-0.15, -0.1) is 6.42 Å². The van der Waals surface area contributed by atoms with Crippen LogP contribution in [-0.2, 0) is 6.54 Å². The molecule has 0 fully saturated rings. The molecule has 0 aliphatic carbocycles. The van der Waals surface area contributed by atoms with Gasteiger partial charge in [0.1, 0.15) is 0 Å². The van der Waals surface area contributed by atoms with Crippen LogP contribution in [0, 0.1) is 26.2 Å². The smallest absolute Gasteiger partial charge is 0.210 e. The van der Waals surface area contributed by atoms with Crippen LogP contribution in [0.1, 0.15) is 11.3 Å². The van der Waals surface area contributed by atoms with Gasteiger partial charge in [-0.05, 0) is 31.5 Å². The largest absolute Gasteiger partial charge is 0.309 e. The summed E-state index contributed by atoms with van der Waals surface area (Å²) in [5.41, 5.74) is 5.46. The molecule has 2 aromatic heterocycles. The van der Waals surface area contributed by atoms with Gasteiger partial charge in [0, 0.05) is 6.07 Å². The van der Waals surface area contributed by atoms with E-state index in [1.54, 1.807) is 0 Å². The van der Waals surface area contributed by atoms with Crippen LogP contribution in [-0.4, -0.2) is 9.61 Å². The predicted molar refractivity (Wildman–Crippen MR) is 71.2 cm³/mol. The summed E-state index contributed by atoms with van der Waals surface area (Å²) >= 11 is 0. The highest BCUT2D eigenvalue weighted by molar-refractivity contribution is 5.75. The second-order valence-corrected chi connectivity index (χ2v) is 4.46. The number of rotatable bonds is 1. The molecule has 0 unspecified atom stereocenters. The number of benzene rings is 1. The van der Waals surface area contributed by atoms with E-state index in [4.69, 9.17) is 6.42 Å². The number of nitrogens with zero attached hydrogens (tertiary/aromatic N) is 3. The van der Waals surface area contributed by atoms with Gasteiger partial charge in [0.15, 0.2) is 12.1 Å². The van der Waals surface area contributed by atoms with Crippen molar-refractivity contribution in [3.63, 3.8) is 0 Å². The maximum absolute atomic E-state index is 5.47. The van der Waals surface area contributed by atoms with Crippen LogP contribution in [0.15, 0.2) is 30.3 Å². The molecule has 0 amide bonds. The van der Waals surface area contributed by atoms with Gasteiger partial charge in [0.05, 0.1) is 5.69 Å². The minimum absolute atomic E-state index is 0.557. The molecule has 3 rings (SSSR count). The van der Waals surface area contributed by atoms with Gasteiger partial charge in [-0.25, -0.2) is 4.57 Å². The number of aryl methyl sites for hydroxylation is 2. The van der Waals surface area contributed by atoms with Crippen LogP contribution < -0.4 is 4.57 Å². The molecule has 0 spiro atoms. The maximum atomic E-state index is 5.47. The molecular weight excluding hydrogens is 222 g/mol. The van der Waals surface area contributed by atoms with Gasteiger partial charge in [0.25, 0.3) is 0 Å². The van der Waals surface area contributed by atoms with Gasteiger partial charge in [-0.1, -0.05) is 27.7 Å². The molecule has 0 saturated carbocycles. The Morgan fingerprint density at radius 1 is 1.33 bits per heavy atom. The zero-order valence-corrected chi connectivity index (χ0v) is 10.5. The zero-order chi connectivity index (χ0) is 12.7. The van der Waals surface area contributed by atoms with Crippen LogP contribution in [0.5, 0.6) is 0 Å². The SMILES string of the molecule is C#CC[n+]1c2ccccc2n2nc(C)c(C)cc21. The van der Waals surface area contributed by atoms with Crippen molar-refractivity contribution in [3.8, 4) is 12.3 Å². The lowest BCUT2D eigenvalue weighted by atomic mass is 10.2. The fourth-order valence-electron chi connectivity index (χ4n) is 2.26. The van der Waals surface area contributed by atoms with Crippen molar-refractivity contribution < 1.29 is 4.57 Å². The minimum atomic E-state index is 0.557. The van der Waals surface area contributed by atoms with E-state index in [0.717, 1.165) is 22.4 Å². The highest BCUT2D eigenvalue weighted by atomic mass is 15.3. The first-order valence-electron chi connectivity index (χ1n) is 5.93. The molecule has 0 bridgehead atoms. The molecule has 0 aliphatic rings. The van der Waals surface area contributed by atoms with E-state index in [0.29, 0.717) is 6.54 Å². The lowest BCUT2D eigenvalue weighted by Gasteiger charge is -1.96. The molecular formula is C15H14N3+. The van der Waals surface area contributed by atoms with Gasteiger partial charge < -0.3 is 0 Å². The molecule has 0 aliphatic heterocycles. The lowest BCUT2D eigenvalue weighted by molar-refractivity contribution is -0.632. The standard InChI is InChI=1S/C15H14N3/c1-4-9-17-13-7-5-6-8-14(13)18-15(17)10-11(2)12(3)16-18/h1,5-8,10H,9H2,2-3H3/q+1. The molecule has 88 valence electrons. The van der Waals surface area contributed by atoms with Crippen LogP contribution >= 0.6 is 0 Å². The van der Waals surface area contributed by atoms with Gasteiger partial charge >= 0.3 is 5.65 Å². The van der Waals surface area contributed by atoms with E-state index in [9.17, 15) is 0 Å². The fraction of sp³-hybridized carbons (Fsp3) is 0.200. The number of para-hydroxylation sites is 2. The summed E-state index contributed by atoms with van der Waals surface area (Å²) in [5, 5.41) is 4.63. The Balaban J connectivity index is 2.54. The molecule has 0 saturated heterocycles. The fourth-order valence-corrected chi connectivity index (χ4v) is 2.26. The van der Waals surface area contributed by atoms with E-state index < -0.39 is 0 Å². The van der Waals surface area contributed by atoms with E-state index in [1.807, 2.05) is 23.6 Å².